The van der Waals surface area contributed by atoms with E-state index in [2.05, 4.69) is 45.6 Å². The van der Waals surface area contributed by atoms with E-state index < -0.39 is 5.54 Å². The van der Waals surface area contributed by atoms with Crippen molar-refractivity contribution in [2.45, 2.75) is 50.2 Å². The lowest BCUT2D eigenvalue weighted by Gasteiger charge is -2.46. The number of aromatic nitrogens is 1. The summed E-state index contributed by atoms with van der Waals surface area (Å²) in [5, 5.41) is 9.32. The van der Waals surface area contributed by atoms with Crippen molar-refractivity contribution in [2.75, 3.05) is 37.2 Å². The molecule has 1 saturated heterocycles. The van der Waals surface area contributed by atoms with Crippen molar-refractivity contribution >= 4 is 33.4 Å². The second kappa shape index (κ2) is 11.7. The van der Waals surface area contributed by atoms with E-state index in [4.69, 9.17) is 9.73 Å². The van der Waals surface area contributed by atoms with Crippen molar-refractivity contribution in [3.63, 3.8) is 0 Å². The molecular formula is C34H38FN5OS. The Morgan fingerprint density at radius 2 is 1.74 bits per heavy atom. The van der Waals surface area contributed by atoms with Crippen molar-refractivity contribution in [1.29, 1.82) is 0 Å². The van der Waals surface area contributed by atoms with Gasteiger partial charge in [0.1, 0.15) is 22.4 Å². The minimum Gasteiger partial charge on any atom is -0.457 e. The van der Waals surface area contributed by atoms with Crippen molar-refractivity contribution in [3.05, 3.63) is 89.9 Å². The number of piperazine rings is 1. The first-order valence-corrected chi connectivity index (χ1v) is 16.1. The Morgan fingerprint density at radius 3 is 2.52 bits per heavy atom. The Balaban J connectivity index is 1.25. The Morgan fingerprint density at radius 1 is 0.976 bits per heavy atom. The third-order valence-corrected chi connectivity index (χ3v) is 10.2. The smallest absolute Gasteiger partial charge is 0.130 e. The second-order valence-electron chi connectivity index (χ2n) is 11.8. The van der Waals surface area contributed by atoms with Gasteiger partial charge in [-0.2, -0.15) is 0 Å². The fraction of sp³-hybridized carbons (Fsp3) is 0.382. The van der Waals surface area contributed by atoms with E-state index in [1.807, 2.05) is 42.5 Å². The number of aromatic amines is 1. The summed E-state index contributed by atoms with van der Waals surface area (Å²) in [6.07, 6.45) is 4.90. The topological polar surface area (TPSA) is 64.7 Å². The average Bonchev–Trinajstić information content (AvgIpc) is 3.80. The van der Waals surface area contributed by atoms with Crippen LogP contribution in [0.25, 0.3) is 10.9 Å². The molecule has 0 bridgehead atoms. The summed E-state index contributed by atoms with van der Waals surface area (Å²) in [5.41, 5.74) is 3.32. The van der Waals surface area contributed by atoms with Crippen LogP contribution in [0.4, 0.5) is 10.1 Å². The molecule has 1 aliphatic carbocycles. The van der Waals surface area contributed by atoms with Gasteiger partial charge in [-0.25, -0.2) is 4.39 Å². The third-order valence-electron chi connectivity index (χ3n) is 9.12. The van der Waals surface area contributed by atoms with Crippen LogP contribution in [0.1, 0.15) is 43.9 Å². The Labute approximate surface area is 251 Å². The quantitative estimate of drug-likeness (QED) is 0.206. The summed E-state index contributed by atoms with van der Waals surface area (Å²) in [6.45, 7) is 5.70. The van der Waals surface area contributed by atoms with Gasteiger partial charge in [0.2, 0.25) is 0 Å². The molecule has 0 radical (unpaired) electrons. The van der Waals surface area contributed by atoms with Crippen LogP contribution in [0, 0.1) is 5.82 Å². The van der Waals surface area contributed by atoms with Gasteiger partial charge in [0.25, 0.3) is 0 Å². The summed E-state index contributed by atoms with van der Waals surface area (Å²) >= 11 is 1.76. The predicted octanol–water partition coefficient (Wildman–Crippen LogP) is 7.14. The van der Waals surface area contributed by atoms with Gasteiger partial charge in [0.05, 0.1) is 28.5 Å². The van der Waals surface area contributed by atoms with Crippen LogP contribution in [-0.4, -0.2) is 58.9 Å². The monoisotopic (exact) mass is 583 g/mol. The zero-order valence-corrected chi connectivity index (χ0v) is 24.9. The number of benzene rings is 3. The van der Waals surface area contributed by atoms with Crippen molar-refractivity contribution in [1.82, 2.24) is 15.2 Å². The zero-order chi connectivity index (χ0) is 28.5. The van der Waals surface area contributed by atoms with E-state index in [0.717, 1.165) is 76.3 Å². The van der Waals surface area contributed by atoms with Gasteiger partial charge >= 0.3 is 0 Å². The van der Waals surface area contributed by atoms with Gasteiger partial charge in [-0.05, 0) is 50.1 Å². The number of halogens is 1. The van der Waals surface area contributed by atoms with Crippen LogP contribution in [0.5, 0.6) is 11.5 Å². The summed E-state index contributed by atoms with van der Waals surface area (Å²) in [6, 6.07) is 23.9. The zero-order valence-electron chi connectivity index (χ0n) is 24.0. The molecule has 4 aromatic rings. The molecule has 3 aromatic carbocycles. The number of rotatable bonds is 8. The molecule has 2 fully saturated rings. The van der Waals surface area contributed by atoms with Crippen molar-refractivity contribution in [3.8, 4) is 11.5 Å². The highest BCUT2D eigenvalue weighted by molar-refractivity contribution is 8.14. The van der Waals surface area contributed by atoms with E-state index >= 15 is 4.39 Å². The van der Waals surface area contributed by atoms with Gasteiger partial charge < -0.3 is 20.4 Å². The number of fused-ring (bicyclic) bond motifs is 1. The van der Waals surface area contributed by atoms with E-state index in [-0.39, 0.29) is 11.9 Å². The van der Waals surface area contributed by atoms with Crippen LogP contribution in [0.2, 0.25) is 0 Å². The maximum Gasteiger partial charge on any atom is 0.130 e. The lowest BCUT2D eigenvalue weighted by Crippen LogP contribution is -2.58. The molecule has 1 saturated carbocycles. The maximum atomic E-state index is 15.3. The molecule has 1 aromatic heterocycles. The number of nitrogens with one attached hydrogen (secondary N) is 3. The molecule has 0 amide bonds. The van der Waals surface area contributed by atoms with Gasteiger partial charge in [0, 0.05) is 55.0 Å². The molecule has 2 aliphatic heterocycles. The van der Waals surface area contributed by atoms with Crippen LogP contribution in [-0.2, 0) is 5.54 Å². The van der Waals surface area contributed by atoms with Gasteiger partial charge in [-0.1, -0.05) is 49.2 Å². The number of H-pyrrole nitrogens is 1. The summed E-state index contributed by atoms with van der Waals surface area (Å²) in [4.78, 5) is 11.4. The highest BCUT2D eigenvalue weighted by atomic mass is 32.2. The molecule has 3 heterocycles. The fourth-order valence-corrected chi connectivity index (χ4v) is 7.97. The van der Waals surface area contributed by atoms with E-state index in [0.29, 0.717) is 6.04 Å². The van der Waals surface area contributed by atoms with E-state index in [1.54, 1.807) is 23.9 Å². The number of thioether (sulfide) groups is 1. The van der Waals surface area contributed by atoms with Crippen LogP contribution < -0.4 is 15.4 Å². The highest BCUT2D eigenvalue weighted by Gasteiger charge is 2.45. The van der Waals surface area contributed by atoms with Gasteiger partial charge in [0.15, 0.2) is 0 Å². The molecule has 2 atom stereocenters. The number of aliphatic imine (C=N–C) groups is 1. The molecule has 42 heavy (non-hydrogen) atoms. The van der Waals surface area contributed by atoms with E-state index in [1.165, 1.54) is 25.7 Å². The normalized spacial score (nSPS) is 21.4. The molecule has 0 spiro atoms. The largest absolute Gasteiger partial charge is 0.457 e. The first-order chi connectivity index (χ1) is 20.6. The molecule has 3 N–H and O–H groups in total. The number of ether oxygens (including phenoxy) is 1. The minimum absolute atomic E-state index is 0.0769. The second-order valence-corrected chi connectivity index (χ2v) is 12.8. The Kier molecular flexibility index (Phi) is 7.69. The van der Waals surface area contributed by atoms with Gasteiger partial charge in [-0.15, -0.1) is 11.8 Å². The fourth-order valence-electron chi connectivity index (χ4n) is 6.79. The number of hydrogen-bond donors (Lipinski definition) is 3. The first kappa shape index (κ1) is 27.5. The molecule has 1 unspecified atom stereocenters. The van der Waals surface area contributed by atoms with Crippen molar-refractivity contribution < 1.29 is 9.13 Å². The van der Waals surface area contributed by atoms with Crippen molar-refractivity contribution in [2.24, 2.45) is 4.99 Å². The SMILES string of the molecule is C[C@](c1ccccc1F)(C1CSC(c2cc3cc(Oc4ccccc4)cc(NC4CCCC4)c3[nH]2)=N1)N1CCNCC1. The average molecular weight is 584 g/mol. The molecule has 6 nitrogen and oxygen atoms in total. The number of hydrogen-bond acceptors (Lipinski definition) is 6. The summed E-state index contributed by atoms with van der Waals surface area (Å²) in [7, 11) is 0. The van der Waals surface area contributed by atoms with E-state index in [9.17, 15) is 0 Å². The molecule has 7 rings (SSSR count). The lowest BCUT2D eigenvalue weighted by atomic mass is 9.82. The molecular weight excluding hydrogens is 545 g/mol. The lowest BCUT2D eigenvalue weighted by molar-refractivity contribution is 0.0669. The maximum absolute atomic E-state index is 15.3. The Bertz CT molecular complexity index is 1580. The number of nitrogens with zero attached hydrogens (tertiary/aromatic N) is 2. The summed E-state index contributed by atoms with van der Waals surface area (Å²) < 4.78 is 21.6. The Hall–Kier alpha value is -3.33. The number of anilines is 1. The first-order valence-electron chi connectivity index (χ1n) is 15.2. The highest BCUT2D eigenvalue weighted by Crippen LogP contribution is 2.42. The van der Waals surface area contributed by atoms with Gasteiger partial charge in [-0.3, -0.25) is 9.89 Å². The number of para-hydroxylation sites is 1. The standard InChI is InChI=1S/C34H38FN5OS/c1-34(40-17-15-36-16-18-40,27-13-7-8-14-28(27)35)31-22-42-33(39-31)30-20-23-19-26(41-25-11-3-2-4-12-25)21-29(32(23)38-30)37-24-9-5-6-10-24/h2-4,7-8,11-14,19-21,24,31,36-38H,5-6,9-10,15-18,22H2,1H3/t31?,34-/m0/s1. The van der Waals surface area contributed by atoms with Crippen LogP contribution in [0.15, 0.2) is 77.8 Å². The summed E-state index contributed by atoms with van der Waals surface area (Å²) in [5.74, 6) is 2.27. The minimum atomic E-state index is -0.542. The van der Waals surface area contributed by atoms with Crippen LogP contribution >= 0.6 is 11.8 Å². The molecule has 3 aliphatic rings. The van der Waals surface area contributed by atoms with Crippen LogP contribution in [0.3, 0.4) is 0 Å². The molecule has 8 heteroatoms. The third kappa shape index (κ3) is 5.32. The molecule has 218 valence electrons. The predicted molar refractivity (Wildman–Crippen MR) is 172 cm³/mol.